The zero-order chi connectivity index (χ0) is 20.1. The van der Waals surface area contributed by atoms with Gasteiger partial charge in [0, 0.05) is 5.39 Å². The zero-order valence-electron chi connectivity index (χ0n) is 15.0. The predicted molar refractivity (Wildman–Crippen MR) is 111 cm³/mol. The van der Waals surface area contributed by atoms with Crippen LogP contribution in [0.5, 0.6) is 0 Å². The highest BCUT2D eigenvalue weighted by Gasteiger charge is 2.20. The van der Waals surface area contributed by atoms with Crippen LogP contribution >= 0.6 is 15.9 Å². The molecule has 8 heteroatoms. The van der Waals surface area contributed by atoms with Crippen LogP contribution in [0.25, 0.3) is 21.8 Å². The van der Waals surface area contributed by atoms with E-state index in [-0.39, 0.29) is 10.3 Å². The van der Waals surface area contributed by atoms with Crippen molar-refractivity contribution in [1.29, 1.82) is 0 Å². The van der Waals surface area contributed by atoms with Crippen LogP contribution in [0.4, 0.5) is 0 Å². The molecular weight excluding hydrogens is 444 g/mol. The molecule has 0 saturated heterocycles. The molecule has 2 heterocycles. The first-order valence-electron chi connectivity index (χ1n) is 8.39. The minimum absolute atomic E-state index is 0.0338. The van der Waals surface area contributed by atoms with E-state index < -0.39 is 15.7 Å². The van der Waals surface area contributed by atoms with Gasteiger partial charge in [-0.2, -0.15) is 8.42 Å². The van der Waals surface area contributed by atoms with E-state index in [1.807, 2.05) is 32.0 Å². The second kappa shape index (κ2) is 6.72. The Labute approximate surface area is 169 Å². The van der Waals surface area contributed by atoms with E-state index >= 15 is 0 Å². The van der Waals surface area contributed by atoms with Crippen LogP contribution in [0.2, 0.25) is 0 Å². The van der Waals surface area contributed by atoms with Crippen LogP contribution in [0.3, 0.4) is 0 Å². The fourth-order valence-corrected chi connectivity index (χ4v) is 4.31. The van der Waals surface area contributed by atoms with E-state index in [2.05, 4.69) is 20.9 Å². The van der Waals surface area contributed by atoms with E-state index in [0.29, 0.717) is 14.7 Å². The topological polar surface area (TPSA) is 78.3 Å². The Morgan fingerprint density at radius 1 is 1.04 bits per heavy atom. The van der Waals surface area contributed by atoms with Gasteiger partial charge in [0.15, 0.2) is 0 Å². The summed E-state index contributed by atoms with van der Waals surface area (Å²) >= 11 is 3.37. The summed E-state index contributed by atoms with van der Waals surface area (Å²) < 4.78 is 31.4. The SMILES string of the molecule is Cc1ccc(S(=O)(=O)On2cc(Br)c3nc4c(C)cccc4cc3c2=O)cc1. The monoisotopic (exact) mass is 458 g/mol. The van der Waals surface area contributed by atoms with Crippen molar-refractivity contribution in [2.75, 3.05) is 0 Å². The smallest absolute Gasteiger partial charge is 0.281 e. The molecule has 0 aliphatic rings. The Balaban J connectivity index is 1.89. The van der Waals surface area contributed by atoms with Gasteiger partial charge in [0.2, 0.25) is 0 Å². The lowest BCUT2D eigenvalue weighted by atomic mass is 10.1. The molecule has 28 heavy (non-hydrogen) atoms. The standard InChI is InChI=1S/C20H15BrN2O4S/c1-12-6-8-15(9-7-12)28(25,26)27-23-11-17(21)19-16(20(23)24)10-14-5-3-4-13(2)18(14)22-19/h3-11H,1-2H3. The first-order chi connectivity index (χ1) is 13.3. The molecule has 0 saturated carbocycles. The predicted octanol–water partition coefficient (Wildman–Crippen LogP) is 3.75. The number of hydrogen-bond acceptors (Lipinski definition) is 5. The number of pyridine rings is 2. The first-order valence-corrected chi connectivity index (χ1v) is 10.6. The summed E-state index contributed by atoms with van der Waals surface area (Å²) in [6.45, 7) is 3.79. The van der Waals surface area contributed by atoms with Gasteiger partial charge in [-0.15, -0.1) is 4.73 Å². The average molecular weight is 459 g/mol. The lowest BCUT2D eigenvalue weighted by Crippen LogP contribution is -2.31. The van der Waals surface area contributed by atoms with Crippen LogP contribution in [0.15, 0.2) is 68.9 Å². The van der Waals surface area contributed by atoms with Gasteiger partial charge in [0.05, 0.1) is 27.1 Å². The third-order valence-electron chi connectivity index (χ3n) is 4.42. The number of aryl methyl sites for hydroxylation is 2. The molecule has 2 aromatic carbocycles. The third-order valence-corrected chi connectivity index (χ3v) is 6.21. The molecule has 4 aromatic rings. The molecule has 0 bridgehead atoms. The van der Waals surface area contributed by atoms with Crippen LogP contribution in [0.1, 0.15) is 11.1 Å². The lowest BCUT2D eigenvalue weighted by Gasteiger charge is -2.11. The van der Waals surface area contributed by atoms with Gasteiger partial charge in [-0.05, 0) is 53.5 Å². The molecule has 0 N–H and O–H groups in total. The summed E-state index contributed by atoms with van der Waals surface area (Å²) in [5.41, 5.74) is 2.51. The molecule has 0 radical (unpaired) electrons. The van der Waals surface area contributed by atoms with Crippen molar-refractivity contribution in [2.45, 2.75) is 18.7 Å². The van der Waals surface area contributed by atoms with Crippen molar-refractivity contribution in [2.24, 2.45) is 0 Å². The Kier molecular flexibility index (Phi) is 4.47. The van der Waals surface area contributed by atoms with E-state index in [4.69, 9.17) is 4.28 Å². The van der Waals surface area contributed by atoms with Crippen molar-refractivity contribution >= 4 is 47.9 Å². The molecule has 0 fully saturated rings. The minimum atomic E-state index is -4.17. The number of para-hydroxylation sites is 1. The number of fused-ring (bicyclic) bond motifs is 2. The summed E-state index contributed by atoms with van der Waals surface area (Å²) in [5, 5.41) is 1.04. The van der Waals surface area contributed by atoms with Crippen LogP contribution in [0, 0.1) is 13.8 Å². The molecule has 0 aliphatic carbocycles. The maximum atomic E-state index is 12.9. The average Bonchev–Trinajstić information content (AvgIpc) is 2.65. The summed E-state index contributed by atoms with van der Waals surface area (Å²) in [6.07, 6.45) is 1.27. The molecule has 0 spiro atoms. The van der Waals surface area contributed by atoms with Crippen LogP contribution in [-0.2, 0) is 10.1 Å². The van der Waals surface area contributed by atoms with E-state index in [1.165, 1.54) is 18.3 Å². The van der Waals surface area contributed by atoms with Crippen molar-refractivity contribution in [3.63, 3.8) is 0 Å². The summed E-state index contributed by atoms with van der Waals surface area (Å²) in [4.78, 5) is 17.4. The first kappa shape index (κ1) is 18.6. The van der Waals surface area contributed by atoms with Crippen molar-refractivity contribution in [3.05, 3.63) is 80.7 Å². The number of rotatable bonds is 3. The summed E-state index contributed by atoms with van der Waals surface area (Å²) in [7, 11) is -4.17. The molecule has 0 atom stereocenters. The fourth-order valence-electron chi connectivity index (χ4n) is 2.94. The van der Waals surface area contributed by atoms with Gasteiger partial charge in [-0.3, -0.25) is 9.08 Å². The molecule has 6 nitrogen and oxygen atoms in total. The van der Waals surface area contributed by atoms with Gasteiger partial charge in [0.25, 0.3) is 5.56 Å². The van der Waals surface area contributed by atoms with Crippen molar-refractivity contribution < 1.29 is 12.7 Å². The third kappa shape index (κ3) is 3.18. The largest absolute Gasteiger partial charge is 0.357 e. The Bertz CT molecular complexity index is 1390. The van der Waals surface area contributed by atoms with Crippen molar-refractivity contribution in [1.82, 2.24) is 9.71 Å². The van der Waals surface area contributed by atoms with E-state index in [9.17, 15) is 13.2 Å². The van der Waals surface area contributed by atoms with E-state index in [0.717, 1.165) is 22.0 Å². The lowest BCUT2D eigenvalue weighted by molar-refractivity contribution is 0.268. The van der Waals surface area contributed by atoms with Crippen LogP contribution in [-0.4, -0.2) is 18.1 Å². The second-order valence-electron chi connectivity index (χ2n) is 6.48. The highest BCUT2D eigenvalue weighted by atomic mass is 79.9. The number of hydrogen-bond donors (Lipinski definition) is 0. The summed E-state index contributed by atoms with van der Waals surface area (Å²) in [6, 6.07) is 13.5. The molecular formula is C20H15BrN2O4S. The fraction of sp³-hybridized carbons (Fsp3) is 0.100. The molecule has 0 aliphatic heterocycles. The molecule has 2 aromatic heterocycles. The number of aromatic nitrogens is 2. The van der Waals surface area contributed by atoms with Gasteiger partial charge in [0.1, 0.15) is 4.90 Å². The second-order valence-corrected chi connectivity index (χ2v) is 8.86. The highest BCUT2D eigenvalue weighted by Crippen LogP contribution is 2.25. The zero-order valence-corrected chi connectivity index (χ0v) is 17.4. The quantitative estimate of drug-likeness (QED) is 0.436. The number of nitrogens with zero attached hydrogens (tertiary/aromatic N) is 2. The Hall–Kier alpha value is -2.71. The number of benzene rings is 2. The highest BCUT2D eigenvalue weighted by molar-refractivity contribution is 9.10. The Morgan fingerprint density at radius 2 is 1.75 bits per heavy atom. The van der Waals surface area contributed by atoms with Gasteiger partial charge < -0.3 is 0 Å². The normalized spacial score (nSPS) is 11.8. The van der Waals surface area contributed by atoms with Crippen molar-refractivity contribution in [3.8, 4) is 0 Å². The van der Waals surface area contributed by atoms with Gasteiger partial charge in [-0.25, -0.2) is 4.98 Å². The molecule has 4 rings (SSSR count). The number of halogens is 1. The Morgan fingerprint density at radius 3 is 2.46 bits per heavy atom. The maximum absolute atomic E-state index is 12.9. The minimum Gasteiger partial charge on any atom is -0.281 e. The maximum Gasteiger partial charge on any atom is 0.357 e. The van der Waals surface area contributed by atoms with Gasteiger partial charge >= 0.3 is 10.1 Å². The molecule has 0 unspecified atom stereocenters. The van der Waals surface area contributed by atoms with Crippen LogP contribution < -0.4 is 9.84 Å². The molecule has 142 valence electrons. The van der Waals surface area contributed by atoms with E-state index in [1.54, 1.807) is 18.2 Å². The van der Waals surface area contributed by atoms with Gasteiger partial charge in [-0.1, -0.05) is 35.9 Å². The molecule has 0 amide bonds. The summed E-state index contributed by atoms with van der Waals surface area (Å²) in [5.74, 6) is 0.